The molecule has 1 aliphatic rings. The Kier molecular flexibility index (Phi) is 4.31. The zero-order chi connectivity index (χ0) is 22.5. The smallest absolute Gasteiger partial charge is 0.268 e. The fourth-order valence-corrected chi connectivity index (χ4v) is 5.04. The van der Waals surface area contributed by atoms with Crippen molar-refractivity contribution in [1.82, 2.24) is 4.98 Å². The SMILES string of the molecule is O=C(Nc1cccc2ccccc12)c1ccc2nc(N3C(=O)c4ccccc4C3=O)sc2c1. The van der Waals surface area contributed by atoms with E-state index in [0.29, 0.717) is 32.0 Å². The number of hydrogen-bond donors (Lipinski definition) is 1. The summed E-state index contributed by atoms with van der Waals surface area (Å²) >= 11 is 1.21. The van der Waals surface area contributed by atoms with Crippen molar-refractivity contribution in [2.45, 2.75) is 0 Å². The highest BCUT2D eigenvalue weighted by molar-refractivity contribution is 7.22. The van der Waals surface area contributed by atoms with E-state index in [1.807, 2.05) is 42.5 Å². The molecule has 158 valence electrons. The highest BCUT2D eigenvalue weighted by Gasteiger charge is 2.38. The molecule has 0 spiro atoms. The number of anilines is 2. The van der Waals surface area contributed by atoms with Crippen LogP contribution in [0.3, 0.4) is 0 Å². The molecule has 5 aromatic rings. The molecule has 2 heterocycles. The Balaban J connectivity index is 1.32. The summed E-state index contributed by atoms with van der Waals surface area (Å²) in [5, 5.41) is 5.27. The van der Waals surface area contributed by atoms with Crippen LogP contribution >= 0.6 is 11.3 Å². The lowest BCUT2D eigenvalue weighted by molar-refractivity contribution is 0.0925. The summed E-state index contributed by atoms with van der Waals surface area (Å²) in [6.07, 6.45) is 0. The number of hydrogen-bond acceptors (Lipinski definition) is 5. The molecule has 6 rings (SSSR count). The van der Waals surface area contributed by atoms with Crippen molar-refractivity contribution < 1.29 is 14.4 Å². The third-order valence-electron chi connectivity index (χ3n) is 5.66. The van der Waals surface area contributed by atoms with E-state index in [0.717, 1.165) is 21.4 Å². The van der Waals surface area contributed by atoms with Gasteiger partial charge in [0.25, 0.3) is 17.7 Å². The van der Waals surface area contributed by atoms with Crippen LogP contribution in [-0.4, -0.2) is 22.7 Å². The molecule has 33 heavy (non-hydrogen) atoms. The third kappa shape index (κ3) is 3.09. The number of thiazole rings is 1. The summed E-state index contributed by atoms with van der Waals surface area (Å²) in [6.45, 7) is 0. The molecule has 6 nitrogen and oxygen atoms in total. The van der Waals surface area contributed by atoms with E-state index in [-0.39, 0.29) is 17.7 Å². The van der Waals surface area contributed by atoms with E-state index in [1.54, 1.807) is 42.5 Å². The monoisotopic (exact) mass is 449 g/mol. The van der Waals surface area contributed by atoms with E-state index in [9.17, 15) is 14.4 Å². The number of carbonyl (C=O) groups excluding carboxylic acids is 3. The van der Waals surface area contributed by atoms with E-state index >= 15 is 0 Å². The zero-order valence-electron chi connectivity index (χ0n) is 17.1. The van der Waals surface area contributed by atoms with E-state index < -0.39 is 0 Å². The molecule has 0 radical (unpaired) electrons. The lowest BCUT2D eigenvalue weighted by Crippen LogP contribution is -2.29. The van der Waals surface area contributed by atoms with Gasteiger partial charge in [-0.25, -0.2) is 9.88 Å². The minimum absolute atomic E-state index is 0.246. The Morgan fingerprint density at radius 2 is 1.52 bits per heavy atom. The molecule has 0 saturated heterocycles. The second-order valence-electron chi connectivity index (χ2n) is 7.65. The van der Waals surface area contributed by atoms with Gasteiger partial charge in [0, 0.05) is 16.6 Å². The molecule has 1 aliphatic heterocycles. The predicted molar refractivity (Wildman–Crippen MR) is 129 cm³/mol. The molecule has 0 aliphatic carbocycles. The Bertz CT molecular complexity index is 1580. The van der Waals surface area contributed by atoms with E-state index in [2.05, 4.69) is 10.3 Å². The molecular formula is C26H15N3O3S. The normalized spacial score (nSPS) is 13.0. The van der Waals surface area contributed by atoms with Crippen LogP contribution in [0.2, 0.25) is 0 Å². The molecule has 3 amide bonds. The topological polar surface area (TPSA) is 79.4 Å². The zero-order valence-corrected chi connectivity index (χ0v) is 17.9. The highest BCUT2D eigenvalue weighted by Crippen LogP contribution is 2.35. The Hall–Kier alpha value is -4.36. The van der Waals surface area contributed by atoms with Gasteiger partial charge in [-0.05, 0) is 41.8 Å². The summed E-state index contributed by atoms with van der Waals surface area (Å²) in [6, 6.07) is 25.5. The first kappa shape index (κ1) is 19.3. The van der Waals surface area contributed by atoms with Gasteiger partial charge in [0.05, 0.1) is 21.3 Å². The first-order valence-corrected chi connectivity index (χ1v) is 11.1. The minimum atomic E-state index is -0.386. The number of benzene rings is 4. The van der Waals surface area contributed by atoms with Crippen LogP contribution in [0.15, 0.2) is 84.9 Å². The molecule has 0 saturated carbocycles. The minimum Gasteiger partial charge on any atom is -0.321 e. The van der Waals surface area contributed by atoms with Gasteiger partial charge in [0.2, 0.25) is 5.13 Å². The molecule has 0 atom stereocenters. The number of rotatable bonds is 3. The summed E-state index contributed by atoms with van der Waals surface area (Å²) in [7, 11) is 0. The van der Waals surface area contributed by atoms with Crippen molar-refractivity contribution in [1.29, 1.82) is 0 Å². The maximum atomic E-state index is 13.0. The van der Waals surface area contributed by atoms with Crippen molar-refractivity contribution in [2.75, 3.05) is 10.2 Å². The van der Waals surface area contributed by atoms with Crippen molar-refractivity contribution in [3.05, 3.63) is 102 Å². The number of imide groups is 1. The Morgan fingerprint density at radius 1 is 0.818 bits per heavy atom. The molecular weight excluding hydrogens is 434 g/mol. The van der Waals surface area contributed by atoms with Crippen molar-refractivity contribution in [2.24, 2.45) is 0 Å². The van der Waals surface area contributed by atoms with Crippen LogP contribution in [0.5, 0.6) is 0 Å². The van der Waals surface area contributed by atoms with E-state index in [4.69, 9.17) is 0 Å². The van der Waals surface area contributed by atoms with Gasteiger partial charge in [0.1, 0.15) is 0 Å². The maximum Gasteiger partial charge on any atom is 0.268 e. The maximum absolute atomic E-state index is 13.0. The first-order chi connectivity index (χ1) is 16.1. The second-order valence-corrected chi connectivity index (χ2v) is 8.66. The molecule has 0 unspecified atom stereocenters. The van der Waals surface area contributed by atoms with Crippen molar-refractivity contribution in [3.63, 3.8) is 0 Å². The van der Waals surface area contributed by atoms with Crippen LogP contribution in [0.4, 0.5) is 10.8 Å². The van der Waals surface area contributed by atoms with Crippen LogP contribution in [-0.2, 0) is 0 Å². The largest absolute Gasteiger partial charge is 0.321 e. The van der Waals surface area contributed by atoms with Gasteiger partial charge in [-0.3, -0.25) is 14.4 Å². The number of carbonyl (C=O) groups is 3. The number of fused-ring (bicyclic) bond motifs is 3. The molecule has 0 fully saturated rings. The summed E-state index contributed by atoms with van der Waals surface area (Å²) in [4.78, 5) is 44.1. The van der Waals surface area contributed by atoms with Crippen LogP contribution in [0, 0.1) is 0 Å². The fourth-order valence-electron chi connectivity index (χ4n) is 4.04. The fraction of sp³-hybridized carbons (Fsp3) is 0. The summed E-state index contributed by atoms with van der Waals surface area (Å²) < 4.78 is 0.715. The lowest BCUT2D eigenvalue weighted by atomic mass is 10.1. The van der Waals surface area contributed by atoms with E-state index in [1.165, 1.54) is 11.3 Å². The third-order valence-corrected chi connectivity index (χ3v) is 6.67. The van der Waals surface area contributed by atoms with Gasteiger partial charge in [0.15, 0.2) is 0 Å². The van der Waals surface area contributed by atoms with Crippen LogP contribution in [0.1, 0.15) is 31.1 Å². The van der Waals surface area contributed by atoms with Crippen molar-refractivity contribution in [3.8, 4) is 0 Å². The quantitative estimate of drug-likeness (QED) is 0.369. The van der Waals surface area contributed by atoms with Gasteiger partial charge in [-0.2, -0.15) is 0 Å². The number of nitrogens with one attached hydrogen (secondary N) is 1. The first-order valence-electron chi connectivity index (χ1n) is 10.3. The second kappa shape index (κ2) is 7.36. The average molecular weight is 449 g/mol. The van der Waals surface area contributed by atoms with Crippen molar-refractivity contribution >= 4 is 60.9 Å². The standard InChI is InChI=1S/C26H15N3O3S/c30-23(27-20-11-5-7-15-6-1-2-8-17(15)20)16-12-13-21-22(14-16)33-26(28-21)29-24(31)18-9-3-4-10-19(18)25(29)32/h1-14H,(H,27,30). The van der Waals surface area contributed by atoms with Gasteiger partial charge < -0.3 is 5.32 Å². The van der Waals surface area contributed by atoms with Gasteiger partial charge in [-0.1, -0.05) is 59.9 Å². The van der Waals surface area contributed by atoms with Gasteiger partial charge >= 0.3 is 0 Å². The summed E-state index contributed by atoms with van der Waals surface area (Å²) in [5.74, 6) is -1.02. The molecule has 0 bridgehead atoms. The predicted octanol–water partition coefficient (Wildman–Crippen LogP) is 5.50. The number of nitrogens with zero attached hydrogens (tertiary/aromatic N) is 2. The molecule has 1 N–H and O–H groups in total. The Morgan fingerprint density at radius 3 is 2.30 bits per heavy atom. The average Bonchev–Trinajstić information content (AvgIpc) is 3.37. The Labute approximate surface area is 192 Å². The lowest BCUT2D eigenvalue weighted by Gasteiger charge is -2.08. The summed E-state index contributed by atoms with van der Waals surface area (Å²) in [5.41, 5.74) is 2.56. The van der Waals surface area contributed by atoms with Crippen LogP contribution in [0.25, 0.3) is 21.0 Å². The van der Waals surface area contributed by atoms with Gasteiger partial charge in [-0.15, -0.1) is 0 Å². The molecule has 4 aromatic carbocycles. The highest BCUT2D eigenvalue weighted by atomic mass is 32.1. The molecule has 1 aromatic heterocycles. The number of amides is 3. The molecule has 7 heteroatoms. The number of aromatic nitrogens is 1. The van der Waals surface area contributed by atoms with Crippen LogP contribution < -0.4 is 10.2 Å².